The second-order valence-electron chi connectivity index (χ2n) is 4.67. The zero-order valence-corrected chi connectivity index (χ0v) is 10.8. The third-order valence-corrected chi connectivity index (χ3v) is 2.84. The Morgan fingerprint density at radius 1 is 1.17 bits per heavy atom. The van der Waals surface area contributed by atoms with Gasteiger partial charge in [0, 0.05) is 11.6 Å². The Morgan fingerprint density at radius 3 is 2.11 bits per heavy atom. The molecule has 0 fully saturated rings. The summed E-state index contributed by atoms with van der Waals surface area (Å²) in [6, 6.07) is 7.24. The van der Waals surface area contributed by atoms with Crippen molar-refractivity contribution in [2.24, 2.45) is 5.92 Å². The Bertz CT molecular complexity index is 689. The highest BCUT2D eigenvalue weighted by Crippen LogP contribution is 2.16. The number of hydrogen-bond acceptors (Lipinski definition) is 2. The van der Waals surface area contributed by atoms with E-state index in [2.05, 4.69) is 6.58 Å². The van der Waals surface area contributed by atoms with Crippen LogP contribution in [0, 0.1) is 5.92 Å². The molecule has 0 saturated heterocycles. The zero-order valence-electron chi connectivity index (χ0n) is 10.8. The maximum absolute atomic E-state index is 12.3. The molecule has 0 saturated carbocycles. The van der Waals surface area contributed by atoms with Gasteiger partial charge in [0.2, 0.25) is 5.91 Å². The van der Waals surface area contributed by atoms with Gasteiger partial charge in [0.25, 0.3) is 0 Å². The summed E-state index contributed by atoms with van der Waals surface area (Å²) in [4.78, 5) is 24.5. The maximum Gasteiger partial charge on any atom is 0.340 e. The van der Waals surface area contributed by atoms with Gasteiger partial charge in [-0.25, -0.2) is 9.36 Å². The number of carbonyl (C=O) groups excluding carboxylic acids is 1. The molecule has 4 heteroatoms. The second kappa shape index (κ2) is 4.29. The molecule has 1 heterocycles. The molecular formula is C14H16N2O2. The normalized spacial score (nSPS) is 11.1. The first-order chi connectivity index (χ1) is 8.45. The van der Waals surface area contributed by atoms with Gasteiger partial charge >= 0.3 is 5.69 Å². The highest BCUT2D eigenvalue weighted by Gasteiger charge is 2.20. The Hall–Kier alpha value is -2.10. The molecule has 94 valence electrons. The molecular weight excluding hydrogens is 228 g/mol. The fourth-order valence-electron chi connectivity index (χ4n) is 1.99. The average molecular weight is 244 g/mol. The highest BCUT2D eigenvalue weighted by atomic mass is 16.2. The van der Waals surface area contributed by atoms with Gasteiger partial charge in [-0.15, -0.1) is 0 Å². The third-order valence-electron chi connectivity index (χ3n) is 2.84. The Morgan fingerprint density at radius 2 is 1.67 bits per heavy atom. The number of hydrogen-bond donors (Lipinski definition) is 0. The number of carbonyl (C=O) groups is 1. The monoisotopic (exact) mass is 244 g/mol. The number of fused-ring (bicyclic) bond motifs is 1. The summed E-state index contributed by atoms with van der Waals surface area (Å²) in [5.74, 6) is -0.428. The molecule has 0 aliphatic carbocycles. The van der Waals surface area contributed by atoms with Crippen LogP contribution in [0.5, 0.6) is 0 Å². The molecule has 0 aliphatic rings. The molecule has 0 unspecified atom stereocenters. The van der Waals surface area contributed by atoms with E-state index in [0.29, 0.717) is 16.7 Å². The minimum atomic E-state index is -0.345. The maximum atomic E-state index is 12.3. The van der Waals surface area contributed by atoms with E-state index in [1.165, 1.54) is 9.13 Å². The summed E-state index contributed by atoms with van der Waals surface area (Å²) >= 11 is 0. The van der Waals surface area contributed by atoms with E-state index in [-0.39, 0.29) is 17.5 Å². The molecule has 2 aromatic rings. The minimum absolute atomic E-state index is 0.198. The quantitative estimate of drug-likeness (QED) is 0.815. The molecule has 0 radical (unpaired) electrons. The molecule has 0 bridgehead atoms. The number of nitrogens with zero attached hydrogens (tertiary/aromatic N) is 2. The highest BCUT2D eigenvalue weighted by molar-refractivity contribution is 5.92. The van der Waals surface area contributed by atoms with E-state index < -0.39 is 0 Å². The van der Waals surface area contributed by atoms with Crippen molar-refractivity contribution in [2.45, 2.75) is 20.8 Å². The molecule has 1 aromatic heterocycles. The van der Waals surface area contributed by atoms with Crippen LogP contribution < -0.4 is 5.69 Å². The van der Waals surface area contributed by atoms with Crippen molar-refractivity contribution in [2.75, 3.05) is 0 Å². The summed E-state index contributed by atoms with van der Waals surface area (Å²) in [7, 11) is 0. The van der Waals surface area contributed by atoms with Crippen LogP contribution in [-0.2, 0) is 0 Å². The second-order valence-corrected chi connectivity index (χ2v) is 4.67. The van der Waals surface area contributed by atoms with Crippen LogP contribution >= 0.6 is 0 Å². The van der Waals surface area contributed by atoms with Crippen LogP contribution in [0.25, 0.3) is 16.7 Å². The van der Waals surface area contributed by atoms with Crippen molar-refractivity contribution < 1.29 is 4.79 Å². The van der Waals surface area contributed by atoms with Crippen LogP contribution in [0.3, 0.4) is 0 Å². The molecule has 18 heavy (non-hydrogen) atoms. The Balaban J connectivity index is 2.91. The van der Waals surface area contributed by atoms with Gasteiger partial charge in [0.05, 0.1) is 11.0 Å². The number of rotatable bonds is 2. The topological polar surface area (TPSA) is 44.0 Å². The first-order valence-electron chi connectivity index (χ1n) is 5.87. The van der Waals surface area contributed by atoms with E-state index in [4.69, 9.17) is 0 Å². The van der Waals surface area contributed by atoms with Crippen molar-refractivity contribution in [3.63, 3.8) is 0 Å². The van der Waals surface area contributed by atoms with Crippen molar-refractivity contribution >= 4 is 22.6 Å². The van der Waals surface area contributed by atoms with Gasteiger partial charge in [0.15, 0.2) is 0 Å². The first-order valence-corrected chi connectivity index (χ1v) is 5.87. The number of allylic oxidation sites excluding steroid dienone is 1. The molecule has 0 spiro atoms. The van der Waals surface area contributed by atoms with Gasteiger partial charge in [-0.05, 0) is 19.1 Å². The number of imidazole rings is 1. The van der Waals surface area contributed by atoms with Crippen molar-refractivity contribution in [1.29, 1.82) is 0 Å². The summed E-state index contributed by atoms with van der Waals surface area (Å²) < 4.78 is 2.70. The average Bonchev–Trinajstić information content (AvgIpc) is 2.60. The predicted molar refractivity (Wildman–Crippen MR) is 72.7 cm³/mol. The lowest BCUT2D eigenvalue weighted by atomic mass is 10.2. The fourth-order valence-corrected chi connectivity index (χ4v) is 1.99. The fraction of sp³-hybridized carbons (Fsp3) is 0.286. The van der Waals surface area contributed by atoms with Gasteiger partial charge in [-0.2, -0.15) is 0 Å². The van der Waals surface area contributed by atoms with E-state index in [0.717, 1.165) is 0 Å². The molecule has 1 aromatic carbocycles. The zero-order chi connectivity index (χ0) is 13.4. The molecule has 4 nitrogen and oxygen atoms in total. The van der Waals surface area contributed by atoms with Gasteiger partial charge < -0.3 is 0 Å². The van der Waals surface area contributed by atoms with Crippen LogP contribution in [-0.4, -0.2) is 15.0 Å². The lowest BCUT2D eigenvalue weighted by molar-refractivity contribution is 0.0856. The Kier molecular flexibility index (Phi) is 2.95. The van der Waals surface area contributed by atoms with E-state index >= 15 is 0 Å². The molecule has 0 N–H and O–H groups in total. The van der Waals surface area contributed by atoms with Gasteiger partial charge in [0.1, 0.15) is 0 Å². The summed E-state index contributed by atoms with van der Waals surface area (Å²) in [5.41, 5.74) is 1.60. The SMILES string of the molecule is C=C(C)n1c(=O)n(C(=O)C(C)C)c2ccccc21. The van der Waals surface area contributed by atoms with Crippen LogP contribution in [0.15, 0.2) is 35.6 Å². The number of benzene rings is 1. The van der Waals surface area contributed by atoms with Crippen LogP contribution in [0.1, 0.15) is 25.6 Å². The largest absolute Gasteiger partial charge is 0.340 e. The molecule has 0 amide bonds. The smallest absolute Gasteiger partial charge is 0.274 e. The standard InChI is InChI=1S/C14H16N2O2/c1-9(2)13(17)16-12-8-6-5-7-11(12)15(10(3)4)14(16)18/h5-9H,3H2,1-2,4H3. The summed E-state index contributed by atoms with van der Waals surface area (Å²) in [6.45, 7) is 9.10. The lowest BCUT2D eigenvalue weighted by Gasteiger charge is -2.04. The van der Waals surface area contributed by atoms with E-state index in [1.54, 1.807) is 26.8 Å². The summed E-state index contributed by atoms with van der Waals surface area (Å²) in [5, 5.41) is 0. The number of aromatic nitrogens is 2. The molecule has 0 atom stereocenters. The van der Waals surface area contributed by atoms with Gasteiger partial charge in [-0.1, -0.05) is 32.6 Å². The predicted octanol–water partition coefficient (Wildman–Crippen LogP) is 2.59. The number of para-hydroxylation sites is 2. The van der Waals surface area contributed by atoms with E-state index in [9.17, 15) is 9.59 Å². The molecule has 2 rings (SSSR count). The van der Waals surface area contributed by atoms with Gasteiger partial charge in [-0.3, -0.25) is 9.36 Å². The van der Waals surface area contributed by atoms with Crippen molar-refractivity contribution in [3.05, 3.63) is 41.3 Å². The lowest BCUT2D eigenvalue weighted by Crippen LogP contribution is -2.30. The van der Waals surface area contributed by atoms with E-state index in [1.807, 2.05) is 18.2 Å². The third kappa shape index (κ3) is 1.70. The minimum Gasteiger partial charge on any atom is -0.274 e. The van der Waals surface area contributed by atoms with Crippen molar-refractivity contribution in [1.82, 2.24) is 9.13 Å². The Labute approximate surface area is 105 Å². The summed E-state index contributed by atoms with van der Waals surface area (Å²) in [6.07, 6.45) is 0. The van der Waals surface area contributed by atoms with Crippen LogP contribution in [0.2, 0.25) is 0 Å². The van der Waals surface area contributed by atoms with Crippen LogP contribution in [0.4, 0.5) is 0 Å². The van der Waals surface area contributed by atoms with Crippen molar-refractivity contribution in [3.8, 4) is 0 Å². The molecule has 0 aliphatic heterocycles. The first kappa shape index (κ1) is 12.4.